The van der Waals surface area contributed by atoms with Crippen molar-refractivity contribution in [1.82, 2.24) is 5.43 Å². The molecular formula is C16H15ClN2OS. The first kappa shape index (κ1) is 15.6. The summed E-state index contributed by atoms with van der Waals surface area (Å²) in [5, 5.41) is 4.60. The van der Waals surface area contributed by atoms with Crippen molar-refractivity contribution in [2.24, 2.45) is 5.10 Å². The Morgan fingerprint density at radius 1 is 1.24 bits per heavy atom. The van der Waals surface area contributed by atoms with Gasteiger partial charge in [0.25, 0.3) is 0 Å². The van der Waals surface area contributed by atoms with Crippen molar-refractivity contribution in [1.29, 1.82) is 0 Å². The maximum absolute atomic E-state index is 11.7. The molecule has 0 aliphatic carbocycles. The number of thioether (sulfide) groups is 1. The number of carbonyl (C=O) groups excluding carboxylic acids is 1. The Labute approximate surface area is 133 Å². The lowest BCUT2D eigenvalue weighted by atomic mass is 10.2. The first-order chi connectivity index (χ1) is 10.1. The summed E-state index contributed by atoms with van der Waals surface area (Å²) in [7, 11) is 0. The summed E-state index contributed by atoms with van der Waals surface area (Å²) in [6.45, 7) is 2.03. The van der Waals surface area contributed by atoms with Gasteiger partial charge in [0.1, 0.15) is 0 Å². The number of nitrogens with zero attached hydrogens (tertiary/aromatic N) is 1. The van der Waals surface area contributed by atoms with Crippen molar-refractivity contribution in [2.45, 2.75) is 11.8 Å². The monoisotopic (exact) mass is 318 g/mol. The fourth-order valence-electron chi connectivity index (χ4n) is 1.62. The summed E-state index contributed by atoms with van der Waals surface area (Å²) in [6.07, 6.45) is 1.59. The molecule has 0 aliphatic heterocycles. The van der Waals surface area contributed by atoms with Crippen LogP contribution in [0.4, 0.5) is 0 Å². The molecule has 0 saturated carbocycles. The van der Waals surface area contributed by atoms with Crippen molar-refractivity contribution in [2.75, 3.05) is 5.75 Å². The quantitative estimate of drug-likeness (QED) is 0.516. The molecule has 0 spiro atoms. The van der Waals surface area contributed by atoms with Crippen LogP contribution in [0.3, 0.4) is 0 Å². The maximum Gasteiger partial charge on any atom is 0.250 e. The number of benzene rings is 2. The van der Waals surface area contributed by atoms with Crippen LogP contribution in [0.25, 0.3) is 0 Å². The molecule has 1 amide bonds. The Morgan fingerprint density at radius 2 is 1.95 bits per heavy atom. The van der Waals surface area contributed by atoms with Crippen LogP contribution in [0.2, 0.25) is 5.02 Å². The zero-order valence-corrected chi connectivity index (χ0v) is 13.1. The minimum atomic E-state index is -0.131. The Kier molecular flexibility index (Phi) is 5.84. The van der Waals surface area contributed by atoms with Gasteiger partial charge in [-0.3, -0.25) is 4.79 Å². The number of carbonyl (C=O) groups is 1. The van der Waals surface area contributed by atoms with Crippen molar-refractivity contribution in [3.8, 4) is 0 Å². The SMILES string of the molecule is Cc1ccccc1SCC(=O)N/N=C\c1ccc(Cl)cc1. The van der Waals surface area contributed by atoms with Gasteiger partial charge in [-0.25, -0.2) is 5.43 Å². The van der Waals surface area contributed by atoms with Crippen LogP contribution in [-0.4, -0.2) is 17.9 Å². The van der Waals surface area contributed by atoms with E-state index >= 15 is 0 Å². The van der Waals surface area contributed by atoms with Gasteiger partial charge in [0.05, 0.1) is 12.0 Å². The van der Waals surface area contributed by atoms with Crippen molar-refractivity contribution < 1.29 is 4.79 Å². The lowest BCUT2D eigenvalue weighted by Crippen LogP contribution is -2.19. The minimum absolute atomic E-state index is 0.131. The highest BCUT2D eigenvalue weighted by molar-refractivity contribution is 8.00. The summed E-state index contributed by atoms with van der Waals surface area (Å²) in [6, 6.07) is 15.2. The molecule has 2 aromatic rings. The Bertz CT molecular complexity index is 641. The zero-order valence-electron chi connectivity index (χ0n) is 11.5. The normalized spacial score (nSPS) is 10.8. The number of amides is 1. The molecule has 0 unspecified atom stereocenters. The molecule has 0 aromatic heterocycles. The highest BCUT2D eigenvalue weighted by Crippen LogP contribution is 2.21. The smallest absolute Gasteiger partial charge is 0.250 e. The minimum Gasteiger partial charge on any atom is -0.272 e. The summed E-state index contributed by atoms with van der Waals surface area (Å²) in [5.41, 5.74) is 4.56. The third-order valence-electron chi connectivity index (χ3n) is 2.73. The lowest BCUT2D eigenvalue weighted by Gasteiger charge is -2.03. The van der Waals surface area contributed by atoms with E-state index in [1.54, 1.807) is 18.3 Å². The molecule has 2 rings (SSSR count). The molecule has 21 heavy (non-hydrogen) atoms. The molecule has 5 heteroatoms. The van der Waals surface area contributed by atoms with Crippen molar-refractivity contribution in [3.63, 3.8) is 0 Å². The van der Waals surface area contributed by atoms with E-state index in [0.29, 0.717) is 10.8 Å². The van der Waals surface area contributed by atoms with Crippen LogP contribution in [0, 0.1) is 6.92 Å². The summed E-state index contributed by atoms with van der Waals surface area (Å²) in [5.74, 6) is 0.205. The second-order valence-electron chi connectivity index (χ2n) is 4.40. The predicted molar refractivity (Wildman–Crippen MR) is 89.1 cm³/mol. The van der Waals surface area contributed by atoms with Crippen LogP contribution >= 0.6 is 23.4 Å². The van der Waals surface area contributed by atoms with Gasteiger partial charge in [0.15, 0.2) is 0 Å². The van der Waals surface area contributed by atoms with Gasteiger partial charge >= 0.3 is 0 Å². The summed E-state index contributed by atoms with van der Waals surface area (Å²) < 4.78 is 0. The van der Waals surface area contributed by atoms with E-state index in [2.05, 4.69) is 10.5 Å². The van der Waals surface area contributed by atoms with Crippen LogP contribution in [-0.2, 0) is 4.79 Å². The first-order valence-electron chi connectivity index (χ1n) is 6.41. The van der Waals surface area contributed by atoms with Crippen molar-refractivity contribution in [3.05, 3.63) is 64.7 Å². The fraction of sp³-hybridized carbons (Fsp3) is 0.125. The number of halogens is 1. The highest BCUT2D eigenvalue weighted by Gasteiger charge is 2.03. The standard InChI is InChI=1S/C16H15ClN2OS/c1-12-4-2-3-5-15(12)21-11-16(20)19-18-10-13-6-8-14(17)9-7-13/h2-10H,11H2,1H3,(H,19,20)/b18-10-. The third kappa shape index (κ3) is 5.25. The third-order valence-corrected chi connectivity index (χ3v) is 4.15. The average Bonchev–Trinajstić information content (AvgIpc) is 2.48. The summed E-state index contributed by atoms with van der Waals surface area (Å²) >= 11 is 7.29. The zero-order chi connectivity index (χ0) is 15.1. The predicted octanol–water partition coefficient (Wildman–Crippen LogP) is 3.89. The molecule has 3 nitrogen and oxygen atoms in total. The Morgan fingerprint density at radius 3 is 2.67 bits per heavy atom. The van der Waals surface area contributed by atoms with Gasteiger partial charge < -0.3 is 0 Å². The van der Waals surface area contributed by atoms with E-state index in [4.69, 9.17) is 11.6 Å². The molecule has 0 radical (unpaired) electrons. The van der Waals surface area contributed by atoms with E-state index in [9.17, 15) is 4.79 Å². The average molecular weight is 319 g/mol. The molecule has 108 valence electrons. The van der Waals surface area contributed by atoms with Gasteiger partial charge in [-0.05, 0) is 36.2 Å². The topological polar surface area (TPSA) is 41.5 Å². The second kappa shape index (κ2) is 7.86. The molecular weight excluding hydrogens is 304 g/mol. The molecule has 0 atom stereocenters. The van der Waals surface area contributed by atoms with Gasteiger partial charge in [-0.15, -0.1) is 11.8 Å². The summed E-state index contributed by atoms with van der Waals surface area (Å²) in [4.78, 5) is 12.8. The van der Waals surface area contributed by atoms with E-state index in [0.717, 1.165) is 10.5 Å². The number of nitrogens with one attached hydrogen (secondary N) is 1. The van der Waals surface area contributed by atoms with Gasteiger partial charge in [-0.2, -0.15) is 5.10 Å². The van der Waals surface area contributed by atoms with Crippen molar-refractivity contribution >= 4 is 35.5 Å². The molecule has 0 saturated heterocycles. The number of hydrazone groups is 1. The van der Waals surface area contributed by atoms with E-state index in [1.165, 1.54) is 17.3 Å². The van der Waals surface area contributed by atoms with Gasteiger partial charge in [0.2, 0.25) is 5.91 Å². The number of rotatable bonds is 5. The Hall–Kier alpha value is -1.78. The largest absolute Gasteiger partial charge is 0.272 e. The first-order valence-corrected chi connectivity index (χ1v) is 7.77. The number of aryl methyl sites for hydroxylation is 1. The van der Waals surface area contributed by atoms with Gasteiger partial charge in [-0.1, -0.05) is 41.9 Å². The lowest BCUT2D eigenvalue weighted by molar-refractivity contribution is -0.118. The molecule has 0 bridgehead atoms. The van der Waals surface area contributed by atoms with E-state index in [-0.39, 0.29) is 5.91 Å². The molecule has 0 aliphatic rings. The molecule has 0 heterocycles. The molecule has 1 N–H and O–H groups in total. The Balaban J connectivity index is 1.80. The fourth-order valence-corrected chi connectivity index (χ4v) is 2.57. The van der Waals surface area contributed by atoms with E-state index in [1.807, 2.05) is 43.3 Å². The number of hydrogen-bond acceptors (Lipinski definition) is 3. The number of hydrogen-bond donors (Lipinski definition) is 1. The van der Waals surface area contributed by atoms with Gasteiger partial charge in [0, 0.05) is 9.92 Å². The highest BCUT2D eigenvalue weighted by atomic mass is 35.5. The van der Waals surface area contributed by atoms with E-state index < -0.39 is 0 Å². The maximum atomic E-state index is 11.7. The van der Waals surface area contributed by atoms with Crippen LogP contribution < -0.4 is 5.43 Å². The van der Waals surface area contributed by atoms with Crippen LogP contribution in [0.5, 0.6) is 0 Å². The second-order valence-corrected chi connectivity index (χ2v) is 5.85. The molecule has 2 aromatic carbocycles. The van der Waals surface area contributed by atoms with Crippen LogP contribution in [0.1, 0.15) is 11.1 Å². The van der Waals surface area contributed by atoms with Crippen LogP contribution in [0.15, 0.2) is 58.5 Å². The molecule has 0 fully saturated rings.